The van der Waals surface area contributed by atoms with Gasteiger partial charge in [-0.2, -0.15) is 8.42 Å². The number of nitrogens with two attached hydrogens (primary N) is 1. The molecule has 220 valence electrons. The van der Waals surface area contributed by atoms with Gasteiger partial charge in [-0.3, -0.25) is 4.55 Å². The molecule has 0 aliphatic carbocycles. The lowest BCUT2D eigenvalue weighted by Gasteiger charge is -2.11. The average Bonchev–Trinajstić information content (AvgIpc) is 2.97. The summed E-state index contributed by atoms with van der Waals surface area (Å²) in [5.41, 5.74) is 6.34. The Bertz CT molecular complexity index is 1790. The molecule has 0 bridgehead atoms. The van der Waals surface area contributed by atoms with E-state index in [2.05, 4.69) is 20.5 Å². The van der Waals surface area contributed by atoms with Crippen LogP contribution in [0.25, 0.3) is 10.8 Å². The Kier molecular flexibility index (Phi) is 9.05. The largest absolute Gasteiger partial charge is 0.505 e. The fourth-order valence-electron chi connectivity index (χ4n) is 3.89. The zero-order valence-electron chi connectivity index (χ0n) is 22.7. The van der Waals surface area contributed by atoms with Crippen LogP contribution in [0.5, 0.6) is 28.7 Å². The first-order valence-corrected chi connectivity index (χ1v) is 13.6. The van der Waals surface area contributed by atoms with Gasteiger partial charge in [0.2, 0.25) is 0 Å². The van der Waals surface area contributed by atoms with Crippen molar-refractivity contribution in [1.82, 2.24) is 0 Å². The van der Waals surface area contributed by atoms with Gasteiger partial charge in [0, 0.05) is 29.3 Å². The van der Waals surface area contributed by atoms with Crippen LogP contribution in [0, 0.1) is 0 Å². The van der Waals surface area contributed by atoms with E-state index in [1.54, 1.807) is 18.2 Å². The molecule has 0 heterocycles. The van der Waals surface area contributed by atoms with Crippen LogP contribution < -0.4 is 24.7 Å². The van der Waals surface area contributed by atoms with E-state index in [0.717, 1.165) is 6.07 Å². The Labute approximate surface area is 240 Å². The highest BCUT2D eigenvalue weighted by molar-refractivity contribution is 7.86. The lowest BCUT2D eigenvalue weighted by Crippen LogP contribution is -2.01. The molecule has 4 rings (SSSR count). The summed E-state index contributed by atoms with van der Waals surface area (Å²) in [4.78, 5) is -0.667. The van der Waals surface area contributed by atoms with Gasteiger partial charge in [0.15, 0.2) is 5.75 Å². The van der Waals surface area contributed by atoms with E-state index in [9.17, 15) is 18.1 Å². The molecule has 42 heavy (non-hydrogen) atoms. The van der Waals surface area contributed by atoms with Crippen LogP contribution in [0.3, 0.4) is 0 Å². The number of anilines is 1. The number of hydrogen-bond acceptors (Lipinski definition) is 13. The number of nitrogens with zero attached hydrogens (tertiary/aromatic N) is 4. The highest BCUT2D eigenvalue weighted by Gasteiger charge is 2.22. The van der Waals surface area contributed by atoms with Gasteiger partial charge in [0.1, 0.15) is 57.2 Å². The van der Waals surface area contributed by atoms with E-state index >= 15 is 0 Å². The average molecular weight is 598 g/mol. The van der Waals surface area contributed by atoms with E-state index < -0.39 is 26.5 Å². The molecule has 0 spiro atoms. The molecule has 0 fully saturated rings. The highest BCUT2D eigenvalue weighted by atomic mass is 32.2. The first kappa shape index (κ1) is 30.0. The lowest BCUT2D eigenvalue weighted by atomic mass is 10.1. The van der Waals surface area contributed by atoms with Gasteiger partial charge in [0.25, 0.3) is 10.1 Å². The van der Waals surface area contributed by atoms with Crippen LogP contribution >= 0.6 is 0 Å². The Morgan fingerprint density at radius 1 is 0.786 bits per heavy atom. The minimum atomic E-state index is -4.81. The summed E-state index contributed by atoms with van der Waals surface area (Å²) in [7, 11) is -0.584. The number of aromatic hydroxyl groups is 1. The van der Waals surface area contributed by atoms with Crippen LogP contribution in [0.15, 0.2) is 79.9 Å². The van der Waals surface area contributed by atoms with Crippen molar-refractivity contribution in [2.45, 2.75) is 4.90 Å². The quantitative estimate of drug-likeness (QED) is 0.0955. The Balaban J connectivity index is 1.74. The summed E-state index contributed by atoms with van der Waals surface area (Å²) < 4.78 is 55.7. The van der Waals surface area contributed by atoms with E-state index in [4.69, 9.17) is 29.8 Å². The number of aliphatic hydroxyl groups excluding tert-OH is 1. The molecule has 0 unspecified atom stereocenters. The number of phenolic OH excluding ortho intramolecular Hbond substituents is 1. The maximum atomic E-state index is 12.1. The summed E-state index contributed by atoms with van der Waals surface area (Å²) >= 11 is 0. The number of nitrogen functional groups attached to an aromatic ring is 1. The van der Waals surface area contributed by atoms with E-state index in [1.165, 1.54) is 51.7 Å². The van der Waals surface area contributed by atoms with Crippen molar-refractivity contribution in [2.24, 2.45) is 20.5 Å². The van der Waals surface area contributed by atoms with Gasteiger partial charge in [-0.1, -0.05) is 0 Å². The zero-order chi connectivity index (χ0) is 30.4. The monoisotopic (exact) mass is 597 g/mol. The number of aliphatic hydroxyl groups is 1. The number of phenols is 1. The van der Waals surface area contributed by atoms with Crippen molar-refractivity contribution in [3.05, 3.63) is 54.6 Å². The molecule has 0 aromatic heterocycles. The van der Waals surface area contributed by atoms with Crippen molar-refractivity contribution in [1.29, 1.82) is 0 Å². The predicted molar refractivity (Wildman–Crippen MR) is 153 cm³/mol. The molecule has 0 saturated carbocycles. The summed E-state index contributed by atoms with van der Waals surface area (Å²) in [5.74, 6) is 0.700. The standard InChI is InChI=1S/C27H27N5O9S/c1-38-22-12-17(41-9-8-33)5-7-19(22)29-30-20-13-24(40-3)21(14-23(20)39-2)31-32-26-25(42(35,36)37)11-15-10-16(28)4-6-18(15)27(26)34/h4-7,10-14,33-34H,8-9,28H2,1-3H3,(H,35,36,37). The summed E-state index contributed by atoms with van der Waals surface area (Å²) in [6.45, 7) is -0.0148. The summed E-state index contributed by atoms with van der Waals surface area (Å²) in [6.07, 6.45) is 0. The third-order valence-corrected chi connectivity index (χ3v) is 6.73. The number of methoxy groups -OCH3 is 3. The van der Waals surface area contributed by atoms with Crippen LogP contribution in [0.2, 0.25) is 0 Å². The fourth-order valence-corrected chi connectivity index (χ4v) is 4.55. The van der Waals surface area contributed by atoms with Crippen molar-refractivity contribution >= 4 is 49.3 Å². The third kappa shape index (κ3) is 6.49. The second-order valence-electron chi connectivity index (χ2n) is 8.53. The van der Waals surface area contributed by atoms with Crippen molar-refractivity contribution in [2.75, 3.05) is 40.3 Å². The zero-order valence-corrected chi connectivity index (χ0v) is 23.5. The maximum Gasteiger partial charge on any atom is 0.296 e. The molecule has 0 radical (unpaired) electrons. The Morgan fingerprint density at radius 2 is 1.38 bits per heavy atom. The number of benzene rings is 4. The minimum absolute atomic E-state index is 0.0920. The number of ether oxygens (including phenoxy) is 4. The van der Waals surface area contributed by atoms with Crippen molar-refractivity contribution in [3.63, 3.8) is 0 Å². The third-order valence-electron chi connectivity index (χ3n) is 5.87. The second-order valence-corrected chi connectivity index (χ2v) is 9.92. The molecule has 0 atom stereocenters. The van der Waals surface area contributed by atoms with Crippen LogP contribution in [0.1, 0.15) is 0 Å². The number of fused-ring (bicyclic) bond motifs is 1. The topological polar surface area (TPSA) is 207 Å². The van der Waals surface area contributed by atoms with Crippen molar-refractivity contribution < 1.29 is 42.1 Å². The second kappa shape index (κ2) is 12.7. The Morgan fingerprint density at radius 3 is 1.98 bits per heavy atom. The molecular weight excluding hydrogens is 570 g/mol. The number of azo groups is 2. The summed E-state index contributed by atoms with van der Waals surface area (Å²) in [5, 5.41) is 36.8. The molecule has 15 heteroatoms. The Hall–Kier alpha value is -4.99. The van der Waals surface area contributed by atoms with Gasteiger partial charge < -0.3 is 34.9 Å². The number of hydrogen-bond donors (Lipinski definition) is 4. The first-order chi connectivity index (χ1) is 20.1. The number of rotatable bonds is 11. The molecule has 4 aromatic rings. The molecule has 0 amide bonds. The van der Waals surface area contributed by atoms with Crippen LogP contribution in [0.4, 0.5) is 28.4 Å². The molecule has 0 aliphatic rings. The van der Waals surface area contributed by atoms with Crippen molar-refractivity contribution in [3.8, 4) is 28.7 Å². The van der Waals surface area contributed by atoms with Crippen LogP contribution in [-0.4, -0.2) is 57.7 Å². The van der Waals surface area contributed by atoms with Gasteiger partial charge in [-0.15, -0.1) is 20.5 Å². The van der Waals surface area contributed by atoms with E-state index in [0.29, 0.717) is 22.9 Å². The highest BCUT2D eigenvalue weighted by Crippen LogP contribution is 2.45. The van der Waals surface area contributed by atoms with E-state index in [1.807, 2.05) is 0 Å². The summed E-state index contributed by atoms with van der Waals surface area (Å²) in [6, 6.07) is 13.3. The molecule has 14 nitrogen and oxygen atoms in total. The fraction of sp³-hybridized carbons (Fsp3) is 0.185. The van der Waals surface area contributed by atoms with E-state index in [-0.39, 0.29) is 46.9 Å². The normalized spacial score (nSPS) is 11.8. The van der Waals surface area contributed by atoms with Gasteiger partial charge in [0.05, 0.1) is 27.9 Å². The molecular formula is C27H27N5O9S. The van der Waals surface area contributed by atoms with Gasteiger partial charge >= 0.3 is 0 Å². The maximum absolute atomic E-state index is 12.1. The molecule has 0 aliphatic heterocycles. The SMILES string of the molecule is COc1cc(OCCO)ccc1N=Nc1cc(OC)c(N=Nc2c(S(=O)(=O)O)cc3cc(N)ccc3c2O)cc1OC. The smallest absolute Gasteiger partial charge is 0.296 e. The van der Waals surface area contributed by atoms with Crippen LogP contribution in [-0.2, 0) is 10.1 Å². The van der Waals surface area contributed by atoms with Gasteiger partial charge in [-0.25, -0.2) is 0 Å². The molecule has 5 N–H and O–H groups in total. The first-order valence-electron chi connectivity index (χ1n) is 12.1. The molecule has 4 aromatic carbocycles. The van der Waals surface area contributed by atoms with Gasteiger partial charge in [-0.05, 0) is 41.8 Å². The molecule has 0 saturated heterocycles. The lowest BCUT2D eigenvalue weighted by molar-refractivity contribution is 0.201. The minimum Gasteiger partial charge on any atom is -0.505 e. The predicted octanol–water partition coefficient (Wildman–Crippen LogP) is 5.60.